The number of nitrogens with zero attached hydrogens (tertiary/aromatic N) is 1. The molecule has 2 aromatic carbocycles. The van der Waals surface area contributed by atoms with Gasteiger partial charge in [-0.15, -0.1) is 0 Å². The lowest BCUT2D eigenvalue weighted by atomic mass is 9.94. The molecule has 36 heavy (non-hydrogen) atoms. The molecule has 194 valence electrons. The summed E-state index contributed by atoms with van der Waals surface area (Å²) in [5, 5.41) is 10.4. The summed E-state index contributed by atoms with van der Waals surface area (Å²) in [6.07, 6.45) is 9.92. The minimum absolute atomic E-state index is 0.175. The number of benzene rings is 2. The normalized spacial score (nSPS) is 17.9. The van der Waals surface area contributed by atoms with Crippen LogP contribution in [0.25, 0.3) is 5.57 Å². The van der Waals surface area contributed by atoms with Crippen molar-refractivity contribution in [3.8, 4) is 0 Å². The molecule has 1 heterocycles. The van der Waals surface area contributed by atoms with Gasteiger partial charge in [0.05, 0.1) is 24.5 Å². The van der Waals surface area contributed by atoms with Crippen LogP contribution in [0.3, 0.4) is 0 Å². The van der Waals surface area contributed by atoms with Crippen LogP contribution in [0.5, 0.6) is 0 Å². The van der Waals surface area contributed by atoms with Crippen molar-refractivity contribution >= 4 is 5.57 Å². The zero-order valence-electron chi connectivity index (χ0n) is 23.0. The first-order valence-electron chi connectivity index (χ1n) is 13.5. The SMILES string of the molecule is Cc1ccc(C2=CC(c3ccccc3)N(C[C@@H](C)CO/C(=C\C(O)CC(C)C)CC(C)C)C=C2)cc1. The first-order chi connectivity index (χ1) is 17.2. The van der Waals surface area contributed by atoms with Gasteiger partial charge in [0.1, 0.15) is 0 Å². The van der Waals surface area contributed by atoms with Gasteiger partial charge in [0.15, 0.2) is 0 Å². The van der Waals surface area contributed by atoms with Crippen LogP contribution in [0.2, 0.25) is 0 Å². The second-order valence-electron chi connectivity index (χ2n) is 11.2. The number of ether oxygens (including phenoxy) is 1. The van der Waals surface area contributed by atoms with E-state index in [4.69, 9.17) is 4.74 Å². The van der Waals surface area contributed by atoms with Gasteiger partial charge < -0.3 is 14.7 Å². The molecule has 0 saturated carbocycles. The first kappa shape index (κ1) is 27.8. The van der Waals surface area contributed by atoms with E-state index in [0.717, 1.165) is 25.1 Å². The Hall–Kier alpha value is -2.78. The Morgan fingerprint density at radius 2 is 1.67 bits per heavy atom. The minimum Gasteiger partial charge on any atom is -0.498 e. The summed E-state index contributed by atoms with van der Waals surface area (Å²) in [6, 6.07) is 19.7. The minimum atomic E-state index is -0.452. The highest BCUT2D eigenvalue weighted by atomic mass is 16.5. The van der Waals surface area contributed by atoms with Crippen LogP contribution in [0.1, 0.15) is 70.2 Å². The molecule has 2 unspecified atom stereocenters. The van der Waals surface area contributed by atoms with Crippen molar-refractivity contribution in [1.29, 1.82) is 0 Å². The van der Waals surface area contributed by atoms with Crippen LogP contribution >= 0.6 is 0 Å². The fraction of sp³-hybridized carbons (Fsp3) is 0.455. The van der Waals surface area contributed by atoms with Crippen LogP contribution in [-0.2, 0) is 4.74 Å². The van der Waals surface area contributed by atoms with E-state index in [2.05, 4.69) is 119 Å². The third kappa shape index (κ3) is 8.71. The average Bonchev–Trinajstić information content (AvgIpc) is 2.83. The molecule has 0 spiro atoms. The third-order valence-corrected chi connectivity index (χ3v) is 6.44. The summed E-state index contributed by atoms with van der Waals surface area (Å²) in [5.74, 6) is 2.18. The summed E-state index contributed by atoms with van der Waals surface area (Å²) >= 11 is 0. The third-order valence-electron chi connectivity index (χ3n) is 6.44. The van der Waals surface area contributed by atoms with Crippen molar-refractivity contribution in [2.24, 2.45) is 17.8 Å². The van der Waals surface area contributed by atoms with Crippen molar-refractivity contribution < 1.29 is 9.84 Å². The van der Waals surface area contributed by atoms with Gasteiger partial charge >= 0.3 is 0 Å². The zero-order valence-corrected chi connectivity index (χ0v) is 23.0. The Labute approximate surface area is 219 Å². The number of hydrogen-bond donors (Lipinski definition) is 1. The molecule has 0 aromatic heterocycles. The van der Waals surface area contributed by atoms with Gasteiger partial charge in [-0.05, 0) is 60.1 Å². The average molecular weight is 488 g/mol. The van der Waals surface area contributed by atoms with E-state index in [-0.39, 0.29) is 6.04 Å². The lowest BCUT2D eigenvalue weighted by Crippen LogP contribution is -2.30. The summed E-state index contributed by atoms with van der Waals surface area (Å²) < 4.78 is 6.29. The van der Waals surface area contributed by atoms with Crippen molar-refractivity contribution in [1.82, 2.24) is 4.90 Å². The molecule has 0 saturated heterocycles. The van der Waals surface area contributed by atoms with Gasteiger partial charge in [0, 0.05) is 25.1 Å². The number of aliphatic hydroxyl groups is 1. The Balaban J connectivity index is 1.71. The topological polar surface area (TPSA) is 32.7 Å². The highest BCUT2D eigenvalue weighted by Crippen LogP contribution is 2.32. The van der Waals surface area contributed by atoms with E-state index in [1.54, 1.807) is 0 Å². The lowest BCUT2D eigenvalue weighted by molar-refractivity contribution is 0.127. The Kier molecular flexibility index (Phi) is 10.4. The molecule has 0 aliphatic carbocycles. The van der Waals surface area contributed by atoms with Crippen molar-refractivity contribution in [3.63, 3.8) is 0 Å². The maximum absolute atomic E-state index is 10.4. The first-order valence-corrected chi connectivity index (χ1v) is 13.5. The molecule has 3 rings (SSSR count). The van der Waals surface area contributed by atoms with Gasteiger partial charge in [-0.25, -0.2) is 0 Å². The summed E-state index contributed by atoms with van der Waals surface area (Å²) in [7, 11) is 0. The van der Waals surface area contributed by atoms with E-state index in [1.807, 2.05) is 6.08 Å². The molecule has 3 heteroatoms. The molecular weight excluding hydrogens is 442 g/mol. The highest BCUT2D eigenvalue weighted by molar-refractivity contribution is 5.75. The molecule has 0 radical (unpaired) electrons. The molecule has 1 N–H and O–H groups in total. The summed E-state index contributed by atoms with van der Waals surface area (Å²) in [4.78, 5) is 2.42. The van der Waals surface area contributed by atoms with E-state index >= 15 is 0 Å². The number of aryl methyl sites for hydroxylation is 1. The van der Waals surface area contributed by atoms with Gasteiger partial charge in [0.2, 0.25) is 0 Å². The Morgan fingerprint density at radius 1 is 0.972 bits per heavy atom. The second kappa shape index (κ2) is 13.5. The van der Waals surface area contributed by atoms with Crippen molar-refractivity contribution in [2.75, 3.05) is 13.2 Å². The molecule has 0 amide bonds. The quantitative estimate of drug-likeness (QED) is 0.308. The van der Waals surface area contributed by atoms with Gasteiger partial charge in [-0.3, -0.25) is 0 Å². The molecule has 1 aliphatic rings. The van der Waals surface area contributed by atoms with Crippen molar-refractivity contribution in [2.45, 2.75) is 66.5 Å². The van der Waals surface area contributed by atoms with Crippen LogP contribution < -0.4 is 0 Å². The Bertz CT molecular complexity index is 1020. The smallest absolute Gasteiger partial charge is 0.0948 e. The largest absolute Gasteiger partial charge is 0.498 e. The maximum atomic E-state index is 10.4. The van der Waals surface area contributed by atoms with Crippen LogP contribution in [-0.4, -0.2) is 29.3 Å². The lowest BCUT2D eigenvalue weighted by Gasteiger charge is -2.34. The molecule has 3 nitrogen and oxygen atoms in total. The number of allylic oxidation sites excluding steroid dienone is 3. The molecular formula is C33H45NO2. The number of hydrogen-bond acceptors (Lipinski definition) is 3. The summed E-state index contributed by atoms with van der Waals surface area (Å²) in [5.41, 5.74) is 5.07. The van der Waals surface area contributed by atoms with E-state index in [0.29, 0.717) is 24.4 Å². The zero-order chi connectivity index (χ0) is 26.1. The fourth-order valence-corrected chi connectivity index (χ4v) is 4.65. The van der Waals surface area contributed by atoms with Crippen LogP contribution in [0, 0.1) is 24.7 Å². The van der Waals surface area contributed by atoms with Crippen LogP contribution in [0.4, 0.5) is 0 Å². The van der Waals surface area contributed by atoms with Crippen LogP contribution in [0.15, 0.2) is 84.8 Å². The highest BCUT2D eigenvalue weighted by Gasteiger charge is 2.22. The molecule has 0 fully saturated rings. The monoisotopic (exact) mass is 487 g/mol. The number of aliphatic hydroxyl groups excluding tert-OH is 1. The van der Waals surface area contributed by atoms with Gasteiger partial charge in [-0.1, -0.05) is 94.8 Å². The maximum Gasteiger partial charge on any atom is 0.0948 e. The summed E-state index contributed by atoms with van der Waals surface area (Å²) in [6.45, 7) is 14.5. The predicted octanol–water partition coefficient (Wildman–Crippen LogP) is 7.94. The molecule has 1 aliphatic heterocycles. The standard InChI is InChI=1S/C33H45NO2/c1-24(2)18-31(35)21-32(19-25(3)4)36-23-27(6)22-34-17-16-30(28-14-12-26(5)13-15-28)20-33(34)29-10-8-7-9-11-29/h7-17,20-21,24-25,27,31,33,35H,18-19,22-23H2,1-6H3/b32-21-/t27-,31?,33?/m1/s1. The number of rotatable bonds is 12. The van der Waals surface area contributed by atoms with Gasteiger partial charge in [-0.2, -0.15) is 0 Å². The Morgan fingerprint density at radius 3 is 2.31 bits per heavy atom. The van der Waals surface area contributed by atoms with Gasteiger partial charge in [0.25, 0.3) is 0 Å². The predicted molar refractivity (Wildman–Crippen MR) is 152 cm³/mol. The van der Waals surface area contributed by atoms with Crippen molar-refractivity contribution in [3.05, 3.63) is 101 Å². The van der Waals surface area contributed by atoms with E-state index in [1.165, 1.54) is 22.3 Å². The second-order valence-corrected chi connectivity index (χ2v) is 11.2. The molecule has 3 atom stereocenters. The molecule has 0 bridgehead atoms. The molecule has 2 aromatic rings. The van der Waals surface area contributed by atoms with E-state index in [9.17, 15) is 5.11 Å². The fourth-order valence-electron chi connectivity index (χ4n) is 4.65. The van der Waals surface area contributed by atoms with E-state index < -0.39 is 6.10 Å².